The molecule has 2 aromatic rings. The number of para-hydroxylation sites is 2. The van der Waals surface area contributed by atoms with E-state index in [1.807, 2.05) is 6.07 Å². The average Bonchev–Trinajstić information content (AvgIpc) is 2.30. The van der Waals surface area contributed by atoms with Crippen molar-refractivity contribution in [3.05, 3.63) is 54.6 Å². The quantitative estimate of drug-likeness (QED) is 0.851. The number of rotatable bonds is 3. The van der Waals surface area contributed by atoms with Crippen molar-refractivity contribution in [2.45, 2.75) is 4.90 Å². The second-order valence-electron chi connectivity index (χ2n) is 3.34. The van der Waals surface area contributed by atoms with Crippen molar-refractivity contribution in [2.75, 3.05) is 0 Å². The fraction of sp³-hybridized carbons (Fsp3) is 0. The Labute approximate surface area is 99.2 Å². The predicted molar refractivity (Wildman–Crippen MR) is 62.8 cm³/mol. The van der Waals surface area contributed by atoms with Gasteiger partial charge in [-0.1, -0.05) is 30.3 Å². The summed E-state index contributed by atoms with van der Waals surface area (Å²) in [7, 11) is -4.28. The molecule has 0 aromatic heterocycles. The predicted octanol–water partition coefficient (Wildman–Crippen LogP) is 2.73. The van der Waals surface area contributed by atoms with Gasteiger partial charge in [0.2, 0.25) is 0 Å². The molecule has 0 spiro atoms. The molecule has 0 saturated carbocycles. The molecule has 0 unspecified atom stereocenters. The van der Waals surface area contributed by atoms with Gasteiger partial charge in [0, 0.05) is 0 Å². The lowest BCUT2D eigenvalue weighted by atomic mass is 10.3. The normalized spacial score (nSPS) is 11.1. The van der Waals surface area contributed by atoms with Crippen LogP contribution in [0.2, 0.25) is 0 Å². The second kappa shape index (κ2) is 4.57. The summed E-state index contributed by atoms with van der Waals surface area (Å²) >= 11 is 0. The van der Waals surface area contributed by atoms with E-state index in [0.717, 1.165) is 0 Å². The molecule has 88 valence electrons. The Kier molecular flexibility index (Phi) is 3.12. The lowest BCUT2D eigenvalue weighted by molar-refractivity contribution is 0.450. The largest absolute Gasteiger partial charge is 0.456 e. The molecule has 0 atom stereocenters. The van der Waals surface area contributed by atoms with Gasteiger partial charge in [0.05, 0.1) is 0 Å². The fourth-order valence-corrected chi connectivity index (χ4v) is 1.98. The summed E-state index contributed by atoms with van der Waals surface area (Å²) in [6.07, 6.45) is 0. The van der Waals surface area contributed by atoms with E-state index < -0.39 is 10.1 Å². The van der Waals surface area contributed by atoms with Gasteiger partial charge in [0.25, 0.3) is 10.1 Å². The number of hydrogen-bond acceptors (Lipinski definition) is 3. The highest BCUT2D eigenvalue weighted by molar-refractivity contribution is 7.86. The van der Waals surface area contributed by atoms with Crippen LogP contribution in [0.3, 0.4) is 0 Å². The molecule has 4 nitrogen and oxygen atoms in total. The molecule has 17 heavy (non-hydrogen) atoms. The van der Waals surface area contributed by atoms with Crippen molar-refractivity contribution in [1.82, 2.24) is 0 Å². The summed E-state index contributed by atoms with van der Waals surface area (Å²) in [6, 6.07) is 14.7. The molecule has 0 saturated heterocycles. The van der Waals surface area contributed by atoms with Crippen LogP contribution >= 0.6 is 0 Å². The lowest BCUT2D eigenvalue weighted by Crippen LogP contribution is -2.00. The Balaban J connectivity index is 2.41. The smallest absolute Gasteiger partial charge is 0.298 e. The minimum absolute atomic E-state index is 0.0983. The summed E-state index contributed by atoms with van der Waals surface area (Å²) in [4.78, 5) is -0.246. The van der Waals surface area contributed by atoms with E-state index >= 15 is 0 Å². The van der Waals surface area contributed by atoms with Crippen molar-refractivity contribution in [1.29, 1.82) is 0 Å². The van der Waals surface area contributed by atoms with Gasteiger partial charge >= 0.3 is 0 Å². The van der Waals surface area contributed by atoms with Crippen molar-refractivity contribution in [3.63, 3.8) is 0 Å². The first-order valence-corrected chi connectivity index (χ1v) is 6.31. The topological polar surface area (TPSA) is 63.6 Å². The zero-order valence-corrected chi connectivity index (χ0v) is 9.59. The van der Waals surface area contributed by atoms with E-state index in [0.29, 0.717) is 5.75 Å². The highest BCUT2D eigenvalue weighted by atomic mass is 32.2. The summed E-state index contributed by atoms with van der Waals surface area (Å²) in [6.45, 7) is 0. The molecular formula is C12H10O4S. The molecule has 0 aliphatic carbocycles. The van der Waals surface area contributed by atoms with Gasteiger partial charge < -0.3 is 4.74 Å². The highest BCUT2D eigenvalue weighted by Crippen LogP contribution is 2.27. The van der Waals surface area contributed by atoms with E-state index in [2.05, 4.69) is 0 Å². The van der Waals surface area contributed by atoms with Gasteiger partial charge in [0.1, 0.15) is 16.4 Å². The molecule has 2 aromatic carbocycles. The second-order valence-corrected chi connectivity index (χ2v) is 4.73. The summed E-state index contributed by atoms with van der Waals surface area (Å²) in [5, 5.41) is 0. The minimum Gasteiger partial charge on any atom is -0.456 e. The maximum atomic E-state index is 11.1. The third-order valence-electron chi connectivity index (χ3n) is 2.10. The molecule has 1 N–H and O–H groups in total. The number of benzene rings is 2. The van der Waals surface area contributed by atoms with Gasteiger partial charge in [-0.15, -0.1) is 0 Å². The monoisotopic (exact) mass is 250 g/mol. The van der Waals surface area contributed by atoms with Crippen molar-refractivity contribution >= 4 is 10.1 Å². The van der Waals surface area contributed by atoms with E-state index in [-0.39, 0.29) is 10.6 Å². The molecular weight excluding hydrogens is 240 g/mol. The number of hydrogen-bond donors (Lipinski definition) is 1. The van der Waals surface area contributed by atoms with Crippen molar-refractivity contribution in [2.24, 2.45) is 0 Å². The molecule has 2 rings (SSSR count). The average molecular weight is 250 g/mol. The van der Waals surface area contributed by atoms with E-state index in [4.69, 9.17) is 9.29 Å². The minimum atomic E-state index is -4.28. The zero-order chi connectivity index (χ0) is 12.3. The van der Waals surface area contributed by atoms with Crippen LogP contribution in [0.25, 0.3) is 0 Å². The lowest BCUT2D eigenvalue weighted by Gasteiger charge is -2.08. The Morgan fingerprint density at radius 2 is 1.47 bits per heavy atom. The maximum Gasteiger partial charge on any atom is 0.298 e. The third kappa shape index (κ3) is 2.83. The van der Waals surface area contributed by atoms with E-state index in [1.165, 1.54) is 18.2 Å². The Morgan fingerprint density at radius 3 is 2.12 bits per heavy atom. The van der Waals surface area contributed by atoms with Crippen LogP contribution in [0.1, 0.15) is 0 Å². The zero-order valence-electron chi connectivity index (χ0n) is 8.78. The van der Waals surface area contributed by atoms with E-state index in [9.17, 15) is 8.42 Å². The molecule has 0 heterocycles. The first-order chi connectivity index (χ1) is 8.07. The van der Waals surface area contributed by atoms with Crippen LogP contribution in [-0.2, 0) is 10.1 Å². The number of ether oxygens (including phenoxy) is 1. The van der Waals surface area contributed by atoms with Crippen LogP contribution < -0.4 is 4.74 Å². The van der Waals surface area contributed by atoms with E-state index in [1.54, 1.807) is 30.3 Å². The summed E-state index contributed by atoms with van der Waals surface area (Å²) < 4.78 is 36.7. The molecule has 0 aliphatic heterocycles. The van der Waals surface area contributed by atoms with Gasteiger partial charge in [-0.3, -0.25) is 4.55 Å². The first kappa shape index (κ1) is 11.6. The van der Waals surface area contributed by atoms with Crippen molar-refractivity contribution < 1.29 is 17.7 Å². The summed E-state index contributed by atoms with van der Waals surface area (Å²) in [5.41, 5.74) is 0. The van der Waals surface area contributed by atoms with Crippen LogP contribution in [0.4, 0.5) is 0 Å². The maximum absolute atomic E-state index is 11.1. The van der Waals surface area contributed by atoms with Crippen LogP contribution in [0, 0.1) is 0 Å². The van der Waals surface area contributed by atoms with Gasteiger partial charge in [-0.25, -0.2) is 0 Å². The Hall–Kier alpha value is -1.85. The van der Waals surface area contributed by atoms with Gasteiger partial charge in [-0.05, 0) is 24.3 Å². The van der Waals surface area contributed by atoms with Crippen LogP contribution in [0.5, 0.6) is 11.5 Å². The van der Waals surface area contributed by atoms with Crippen molar-refractivity contribution in [3.8, 4) is 11.5 Å². The molecule has 0 aliphatic rings. The summed E-state index contributed by atoms with van der Waals surface area (Å²) in [5.74, 6) is 0.602. The Morgan fingerprint density at radius 1 is 0.882 bits per heavy atom. The van der Waals surface area contributed by atoms with Crippen LogP contribution in [0.15, 0.2) is 59.5 Å². The Bertz CT molecular complexity index is 605. The van der Waals surface area contributed by atoms with Gasteiger partial charge in [-0.2, -0.15) is 8.42 Å². The SMILES string of the molecule is O=S(=O)(O)c1ccccc1Oc1ccccc1. The first-order valence-electron chi connectivity index (χ1n) is 4.87. The highest BCUT2D eigenvalue weighted by Gasteiger charge is 2.16. The molecule has 5 heteroatoms. The molecule has 0 fully saturated rings. The molecule has 0 radical (unpaired) electrons. The fourth-order valence-electron chi connectivity index (χ4n) is 1.36. The van der Waals surface area contributed by atoms with Crippen LogP contribution in [-0.4, -0.2) is 13.0 Å². The van der Waals surface area contributed by atoms with Gasteiger partial charge in [0.15, 0.2) is 0 Å². The molecule has 0 amide bonds. The standard InChI is InChI=1S/C12H10O4S/c13-17(14,15)12-9-5-4-8-11(12)16-10-6-2-1-3-7-10/h1-9H,(H,13,14,15). The third-order valence-corrected chi connectivity index (χ3v) is 2.99. The molecule has 0 bridgehead atoms.